The Morgan fingerprint density at radius 3 is 1.86 bits per heavy atom. The minimum atomic E-state index is -1.50. The molecule has 0 spiro atoms. The lowest BCUT2D eigenvalue weighted by atomic mass is 9.62. The van der Waals surface area contributed by atoms with E-state index in [0.717, 1.165) is 18.2 Å². The van der Waals surface area contributed by atoms with Crippen molar-refractivity contribution >= 4 is 18.2 Å². The van der Waals surface area contributed by atoms with Gasteiger partial charge in [-0.05, 0) is 29.5 Å². The molecule has 0 fully saturated rings. The Morgan fingerprint density at radius 1 is 0.810 bits per heavy atom. The van der Waals surface area contributed by atoms with Crippen LogP contribution in [0.1, 0.15) is 5.56 Å². The van der Waals surface area contributed by atoms with E-state index >= 15 is 0 Å². The van der Waals surface area contributed by atoms with Crippen LogP contribution < -0.4 is 15.7 Å². The molecule has 2 aromatic rings. The molecule has 21 heavy (non-hydrogen) atoms. The van der Waals surface area contributed by atoms with Gasteiger partial charge in [0.15, 0.2) is 11.6 Å². The maximum atomic E-state index is 13.7. The van der Waals surface area contributed by atoms with E-state index in [9.17, 15) is 22.0 Å². The predicted octanol–water partition coefficient (Wildman–Crippen LogP) is 2.35. The van der Waals surface area contributed by atoms with Crippen LogP contribution in [-0.2, 0) is 0 Å². The van der Waals surface area contributed by atoms with Crippen molar-refractivity contribution in [1.82, 2.24) is 0 Å². The lowest BCUT2D eigenvalue weighted by Gasteiger charge is -2.10. The van der Waals surface area contributed by atoms with Crippen LogP contribution in [0, 0.1) is 36.0 Å². The molecule has 0 amide bonds. The highest BCUT2D eigenvalue weighted by Gasteiger charge is 2.22. The van der Waals surface area contributed by atoms with Crippen LogP contribution in [0.2, 0.25) is 0 Å². The van der Waals surface area contributed by atoms with Crippen LogP contribution in [0.5, 0.6) is 5.75 Å². The molecule has 0 unspecified atom stereocenters. The Bertz CT molecular complexity index is 679. The Hall–Kier alpha value is -2.05. The number of hydrogen-bond acceptors (Lipinski definition) is 1. The molecule has 0 aromatic heterocycles. The summed E-state index contributed by atoms with van der Waals surface area (Å²) >= 11 is 0. The Labute approximate surface area is 118 Å². The molecule has 0 aliphatic rings. The molecule has 0 N–H and O–H groups in total. The van der Waals surface area contributed by atoms with Gasteiger partial charge in [0.25, 0.3) is 0 Å². The summed E-state index contributed by atoms with van der Waals surface area (Å²) in [5.74, 6) is -6.11. The minimum absolute atomic E-state index is 0.0850. The van der Waals surface area contributed by atoms with Crippen LogP contribution in [0.4, 0.5) is 22.0 Å². The summed E-state index contributed by atoms with van der Waals surface area (Å²) in [6, 6.07) is 2.47. The van der Waals surface area contributed by atoms with E-state index in [1.807, 2.05) is 0 Å². The summed E-state index contributed by atoms with van der Waals surface area (Å²) in [6.45, 7) is 1.18. The summed E-state index contributed by atoms with van der Waals surface area (Å²) < 4.78 is 72.9. The normalized spacial score (nSPS) is 10.6. The maximum Gasteiger partial charge on any atom is 0.207 e. The van der Waals surface area contributed by atoms with E-state index < -0.39 is 40.0 Å². The molecular weight excluding hydrogens is 290 g/mol. The highest BCUT2D eigenvalue weighted by molar-refractivity contribution is 6.67. The molecule has 0 aliphatic heterocycles. The van der Waals surface area contributed by atoms with Gasteiger partial charge in [-0.15, -0.1) is 0 Å². The first-order chi connectivity index (χ1) is 9.85. The van der Waals surface area contributed by atoms with Gasteiger partial charge in [-0.3, -0.25) is 0 Å². The quantitative estimate of drug-likeness (QED) is 0.480. The summed E-state index contributed by atoms with van der Waals surface area (Å²) in [4.78, 5) is 0. The molecule has 1 nitrogen and oxygen atoms in total. The third-order valence-electron chi connectivity index (χ3n) is 2.95. The molecular formula is C14H9BF5O. The third kappa shape index (κ3) is 2.86. The van der Waals surface area contributed by atoms with Gasteiger partial charge in [-0.1, -0.05) is 0 Å². The first kappa shape index (κ1) is 15.3. The van der Waals surface area contributed by atoms with Gasteiger partial charge in [0.1, 0.15) is 23.2 Å². The predicted molar refractivity (Wildman–Crippen MR) is 69.0 cm³/mol. The number of rotatable bonds is 3. The summed E-state index contributed by atoms with van der Waals surface area (Å²) in [5.41, 5.74) is -1.77. The van der Waals surface area contributed by atoms with Crippen molar-refractivity contribution in [3.8, 4) is 5.75 Å². The number of hydrogen-bond donors (Lipinski definition) is 0. The zero-order chi connectivity index (χ0) is 15.7. The van der Waals surface area contributed by atoms with Crippen molar-refractivity contribution in [3.05, 3.63) is 52.8 Å². The molecule has 109 valence electrons. The van der Waals surface area contributed by atoms with Crippen molar-refractivity contribution in [3.63, 3.8) is 0 Å². The molecule has 1 radical (unpaired) electrons. The molecule has 0 saturated carbocycles. The largest absolute Gasteiger partial charge is 0.497 e. The molecule has 0 bridgehead atoms. The van der Waals surface area contributed by atoms with Crippen LogP contribution in [-0.4, -0.2) is 14.4 Å². The van der Waals surface area contributed by atoms with Crippen molar-refractivity contribution in [2.45, 2.75) is 6.92 Å². The molecule has 0 saturated heterocycles. The minimum Gasteiger partial charge on any atom is -0.497 e. The molecule has 0 heterocycles. The van der Waals surface area contributed by atoms with Crippen LogP contribution in [0.25, 0.3) is 0 Å². The Kier molecular flexibility index (Phi) is 4.20. The summed E-state index contributed by atoms with van der Waals surface area (Å²) in [5, 5.41) is 0. The fourth-order valence-electron chi connectivity index (χ4n) is 1.82. The van der Waals surface area contributed by atoms with E-state index in [2.05, 4.69) is 4.74 Å². The fourth-order valence-corrected chi connectivity index (χ4v) is 1.82. The number of benzene rings is 2. The Morgan fingerprint density at radius 2 is 1.33 bits per heavy atom. The molecule has 7 heteroatoms. The van der Waals surface area contributed by atoms with Gasteiger partial charge in [0.05, 0.1) is 7.11 Å². The Balaban J connectivity index is 2.51. The van der Waals surface area contributed by atoms with Gasteiger partial charge in [0.2, 0.25) is 7.28 Å². The lowest BCUT2D eigenvalue weighted by Crippen LogP contribution is -2.37. The third-order valence-corrected chi connectivity index (χ3v) is 2.95. The number of halogens is 5. The monoisotopic (exact) mass is 299 g/mol. The molecule has 2 aromatic carbocycles. The van der Waals surface area contributed by atoms with Crippen LogP contribution in [0.15, 0.2) is 18.2 Å². The molecule has 2 rings (SSSR count). The lowest BCUT2D eigenvalue weighted by molar-refractivity contribution is 0.407. The maximum absolute atomic E-state index is 13.7. The van der Waals surface area contributed by atoms with E-state index in [4.69, 9.17) is 0 Å². The number of ether oxygens (including phenoxy) is 1. The first-order valence-corrected chi connectivity index (χ1v) is 5.87. The average Bonchev–Trinajstić information content (AvgIpc) is 2.43. The SMILES string of the molecule is COc1cc(F)c([B]c2c(F)cc(C)c(F)c2F)c(F)c1. The van der Waals surface area contributed by atoms with E-state index in [1.165, 1.54) is 14.0 Å². The van der Waals surface area contributed by atoms with Crippen LogP contribution >= 0.6 is 0 Å². The highest BCUT2D eigenvalue weighted by Crippen LogP contribution is 2.14. The van der Waals surface area contributed by atoms with Crippen molar-refractivity contribution in [2.75, 3.05) is 7.11 Å². The second-order valence-electron chi connectivity index (χ2n) is 4.37. The second-order valence-corrected chi connectivity index (χ2v) is 4.37. The van der Waals surface area contributed by atoms with Gasteiger partial charge in [0, 0.05) is 12.1 Å². The van der Waals surface area contributed by atoms with Gasteiger partial charge in [-0.2, -0.15) is 0 Å². The van der Waals surface area contributed by atoms with E-state index in [-0.39, 0.29) is 11.3 Å². The summed E-state index contributed by atoms with van der Waals surface area (Å²) in [6.07, 6.45) is 0. The smallest absolute Gasteiger partial charge is 0.207 e. The van der Waals surface area contributed by atoms with Crippen molar-refractivity contribution in [2.24, 2.45) is 0 Å². The van der Waals surface area contributed by atoms with E-state index in [0.29, 0.717) is 7.28 Å². The molecule has 0 aliphatic carbocycles. The van der Waals surface area contributed by atoms with Gasteiger partial charge in [-0.25, -0.2) is 22.0 Å². The average molecular weight is 299 g/mol. The molecule has 0 atom stereocenters. The van der Waals surface area contributed by atoms with Crippen molar-refractivity contribution < 1.29 is 26.7 Å². The summed E-state index contributed by atoms with van der Waals surface area (Å²) in [7, 11) is 1.80. The zero-order valence-corrected chi connectivity index (χ0v) is 11.1. The topological polar surface area (TPSA) is 9.23 Å². The second kappa shape index (κ2) is 5.75. The zero-order valence-electron chi connectivity index (χ0n) is 11.1. The van der Waals surface area contributed by atoms with Gasteiger partial charge < -0.3 is 4.74 Å². The number of aryl methyl sites for hydroxylation is 1. The first-order valence-electron chi connectivity index (χ1n) is 5.87. The van der Waals surface area contributed by atoms with E-state index in [1.54, 1.807) is 0 Å². The number of methoxy groups -OCH3 is 1. The highest BCUT2D eigenvalue weighted by atomic mass is 19.2. The fraction of sp³-hybridized carbons (Fsp3) is 0.143. The standard InChI is InChI=1S/C14H9BF5O/c1-6-3-8(16)12(14(20)13(6)19)15-11-9(17)4-7(21-2)5-10(11)18/h3-5H,1-2H3. The van der Waals surface area contributed by atoms with Crippen LogP contribution in [0.3, 0.4) is 0 Å². The van der Waals surface area contributed by atoms with Crippen molar-refractivity contribution in [1.29, 1.82) is 0 Å². The van der Waals surface area contributed by atoms with Gasteiger partial charge >= 0.3 is 0 Å².